The Morgan fingerprint density at radius 3 is 1.65 bits per heavy atom. The van der Waals surface area contributed by atoms with E-state index in [1.807, 2.05) is 0 Å². The van der Waals surface area contributed by atoms with Crippen LogP contribution in [-0.2, 0) is 25.0 Å². The van der Waals surface area contributed by atoms with E-state index in [0.29, 0.717) is 0 Å². The number of aryl methyl sites for hydroxylation is 1. The second-order valence-electron chi connectivity index (χ2n) is 11.2. The molecule has 2 saturated heterocycles. The maximum absolute atomic E-state index is 6.41. The van der Waals surface area contributed by atoms with Crippen molar-refractivity contribution in [1.29, 1.82) is 0 Å². The first-order valence-electron chi connectivity index (χ1n) is 12.1. The molecule has 2 aliphatic rings. The first kappa shape index (κ1) is 25.3. The molecule has 0 atom stereocenters. The third-order valence-electron chi connectivity index (χ3n) is 7.61. The van der Waals surface area contributed by atoms with Crippen molar-refractivity contribution in [3.8, 4) is 0 Å². The molecule has 2 aliphatic heterocycles. The lowest BCUT2D eigenvalue weighted by molar-refractivity contribution is 0.00578. The standard InChI is InChI=1S/C24H42B2O4S/c1-10-11-12-13-14-15-16-18-17-19(25-27-21(2,3)22(4,5)28-25)31-20(18)26-29-23(6,7)24(8,9)30-26/h17H,10-16H2,1-9H3. The summed E-state index contributed by atoms with van der Waals surface area (Å²) < 4.78 is 27.8. The molecule has 3 heterocycles. The van der Waals surface area contributed by atoms with Gasteiger partial charge >= 0.3 is 14.2 Å². The molecule has 0 radical (unpaired) electrons. The molecule has 2 fully saturated rings. The highest BCUT2D eigenvalue weighted by atomic mass is 32.1. The van der Waals surface area contributed by atoms with Gasteiger partial charge < -0.3 is 18.6 Å². The van der Waals surface area contributed by atoms with E-state index in [2.05, 4.69) is 68.4 Å². The highest BCUT2D eigenvalue weighted by Gasteiger charge is 2.55. The minimum Gasteiger partial charge on any atom is -0.399 e. The monoisotopic (exact) mass is 448 g/mol. The van der Waals surface area contributed by atoms with Crippen LogP contribution in [0.15, 0.2) is 6.07 Å². The third-order valence-corrected chi connectivity index (χ3v) is 8.83. The van der Waals surface area contributed by atoms with Gasteiger partial charge in [0, 0.05) is 9.55 Å². The Labute approximate surface area is 195 Å². The predicted octanol–water partition coefficient (Wildman–Crippen LogP) is 5.25. The van der Waals surface area contributed by atoms with Gasteiger partial charge in [0.05, 0.1) is 22.4 Å². The number of unbranched alkanes of at least 4 members (excludes halogenated alkanes) is 5. The van der Waals surface area contributed by atoms with Crippen LogP contribution in [0.4, 0.5) is 0 Å². The van der Waals surface area contributed by atoms with Gasteiger partial charge in [0.1, 0.15) is 0 Å². The third kappa shape index (κ3) is 5.27. The van der Waals surface area contributed by atoms with Gasteiger partial charge in [-0.1, -0.05) is 39.0 Å². The molecule has 4 nitrogen and oxygen atoms in total. The lowest BCUT2D eigenvalue weighted by Crippen LogP contribution is -2.41. The Morgan fingerprint density at radius 2 is 1.13 bits per heavy atom. The minimum absolute atomic E-state index is 0.332. The summed E-state index contributed by atoms with van der Waals surface area (Å²) in [6.45, 7) is 19.1. The summed E-state index contributed by atoms with van der Waals surface area (Å²) in [7, 11) is -0.671. The van der Waals surface area contributed by atoms with Crippen LogP contribution in [-0.4, -0.2) is 36.6 Å². The van der Waals surface area contributed by atoms with E-state index in [1.54, 1.807) is 11.3 Å². The van der Waals surface area contributed by atoms with Gasteiger partial charge in [-0.15, -0.1) is 0 Å². The molecule has 1 aromatic heterocycles. The Balaban J connectivity index is 1.79. The molecule has 0 aliphatic carbocycles. The molecule has 7 heteroatoms. The van der Waals surface area contributed by atoms with Crippen molar-refractivity contribution >= 4 is 35.1 Å². The maximum atomic E-state index is 6.41. The lowest BCUT2D eigenvalue weighted by atomic mass is 9.81. The fraction of sp³-hybridized carbons (Fsp3) is 0.833. The lowest BCUT2D eigenvalue weighted by Gasteiger charge is -2.32. The first-order valence-corrected chi connectivity index (χ1v) is 12.9. The largest absolute Gasteiger partial charge is 0.505 e. The average Bonchev–Trinajstić information content (AvgIpc) is 3.22. The van der Waals surface area contributed by atoms with E-state index in [1.165, 1.54) is 48.9 Å². The summed E-state index contributed by atoms with van der Waals surface area (Å²) in [5, 5.41) is 0. The van der Waals surface area contributed by atoms with Gasteiger partial charge in [0.25, 0.3) is 0 Å². The summed E-state index contributed by atoms with van der Waals surface area (Å²) in [5.74, 6) is 0. The molecule has 0 N–H and O–H groups in total. The second kappa shape index (κ2) is 9.13. The first-order chi connectivity index (χ1) is 14.3. The summed E-state index contributed by atoms with van der Waals surface area (Å²) in [5.41, 5.74) is -0.0478. The van der Waals surface area contributed by atoms with E-state index >= 15 is 0 Å². The van der Waals surface area contributed by atoms with Crippen LogP contribution >= 0.6 is 11.3 Å². The van der Waals surface area contributed by atoms with Gasteiger partial charge in [-0.05, 0) is 79.9 Å². The van der Waals surface area contributed by atoms with E-state index in [-0.39, 0.29) is 36.6 Å². The van der Waals surface area contributed by atoms with Gasteiger partial charge in [-0.2, -0.15) is 11.3 Å². The summed E-state index contributed by atoms with van der Waals surface area (Å²) in [6, 6.07) is 2.28. The van der Waals surface area contributed by atoms with Crippen molar-refractivity contribution in [3.05, 3.63) is 11.6 Å². The number of hydrogen-bond donors (Lipinski definition) is 0. The van der Waals surface area contributed by atoms with Crippen molar-refractivity contribution in [3.63, 3.8) is 0 Å². The molecule has 0 bridgehead atoms. The second-order valence-corrected chi connectivity index (χ2v) is 12.3. The molecule has 174 valence electrons. The highest BCUT2D eigenvalue weighted by molar-refractivity contribution is 7.30. The van der Waals surface area contributed by atoms with Crippen molar-refractivity contribution in [2.45, 2.75) is 130 Å². The van der Waals surface area contributed by atoms with E-state index in [4.69, 9.17) is 18.6 Å². The van der Waals surface area contributed by atoms with Crippen molar-refractivity contribution in [1.82, 2.24) is 0 Å². The smallest absolute Gasteiger partial charge is 0.399 e. The molecule has 0 unspecified atom stereocenters. The zero-order valence-corrected chi connectivity index (χ0v) is 22.0. The molecule has 0 amide bonds. The molecular weight excluding hydrogens is 406 g/mol. The fourth-order valence-electron chi connectivity index (χ4n) is 3.98. The zero-order chi connectivity index (χ0) is 23.1. The fourth-order valence-corrected chi connectivity index (χ4v) is 5.11. The van der Waals surface area contributed by atoms with Crippen LogP contribution < -0.4 is 9.55 Å². The van der Waals surface area contributed by atoms with Crippen LogP contribution in [0.3, 0.4) is 0 Å². The molecule has 3 rings (SSSR count). The van der Waals surface area contributed by atoms with Gasteiger partial charge in [-0.3, -0.25) is 0 Å². The Hall–Kier alpha value is -0.330. The zero-order valence-electron chi connectivity index (χ0n) is 21.2. The van der Waals surface area contributed by atoms with Crippen LogP contribution in [0.5, 0.6) is 0 Å². The molecule has 0 saturated carbocycles. The van der Waals surface area contributed by atoms with Crippen molar-refractivity contribution < 1.29 is 18.6 Å². The van der Waals surface area contributed by atoms with Crippen LogP contribution in [0.25, 0.3) is 0 Å². The van der Waals surface area contributed by atoms with E-state index in [9.17, 15) is 0 Å². The summed E-state index contributed by atoms with van der Waals surface area (Å²) in [6.07, 6.45) is 8.77. The maximum Gasteiger partial charge on any atom is 0.505 e. The Bertz CT molecular complexity index is 725. The van der Waals surface area contributed by atoms with Gasteiger partial charge in [0.15, 0.2) is 0 Å². The molecular formula is C24H42B2O4S. The number of thiophene rings is 1. The topological polar surface area (TPSA) is 36.9 Å². The summed E-state index contributed by atoms with van der Waals surface area (Å²) in [4.78, 5) is 0. The summed E-state index contributed by atoms with van der Waals surface area (Å²) >= 11 is 1.73. The van der Waals surface area contributed by atoms with Crippen LogP contribution in [0.1, 0.15) is 106 Å². The Kier molecular flexibility index (Phi) is 7.45. The number of hydrogen-bond acceptors (Lipinski definition) is 5. The van der Waals surface area contributed by atoms with Gasteiger partial charge in [-0.25, -0.2) is 0 Å². The quantitative estimate of drug-likeness (QED) is 0.382. The van der Waals surface area contributed by atoms with E-state index < -0.39 is 0 Å². The molecule has 1 aromatic rings. The SMILES string of the molecule is CCCCCCCCc1cc(B2OC(C)(C)C(C)(C)O2)sc1B1OC(C)(C)C(C)(C)O1. The highest BCUT2D eigenvalue weighted by Crippen LogP contribution is 2.39. The minimum atomic E-state index is -0.344. The molecule has 0 spiro atoms. The molecule has 31 heavy (non-hydrogen) atoms. The van der Waals surface area contributed by atoms with Gasteiger partial charge in [0.2, 0.25) is 0 Å². The average molecular weight is 448 g/mol. The predicted molar refractivity (Wildman–Crippen MR) is 133 cm³/mol. The van der Waals surface area contributed by atoms with Crippen molar-refractivity contribution in [2.75, 3.05) is 0 Å². The normalized spacial score (nSPS) is 23.6. The Morgan fingerprint density at radius 1 is 0.677 bits per heavy atom. The van der Waals surface area contributed by atoms with Crippen LogP contribution in [0, 0.1) is 0 Å². The van der Waals surface area contributed by atoms with E-state index in [0.717, 1.165) is 11.2 Å². The van der Waals surface area contributed by atoms with Crippen LogP contribution in [0.2, 0.25) is 0 Å². The number of rotatable bonds is 9. The van der Waals surface area contributed by atoms with Crippen molar-refractivity contribution in [2.24, 2.45) is 0 Å². The molecule has 0 aromatic carbocycles.